The van der Waals surface area contributed by atoms with Gasteiger partial charge in [-0.05, 0) is 61.9 Å². The Labute approximate surface area is 166 Å². The lowest BCUT2D eigenvalue weighted by Crippen LogP contribution is -2.15. The molecule has 0 fully saturated rings. The van der Waals surface area contributed by atoms with E-state index in [0.29, 0.717) is 29.4 Å². The monoisotopic (exact) mass is 410 g/mol. The van der Waals surface area contributed by atoms with Gasteiger partial charge in [0.1, 0.15) is 0 Å². The second-order valence-electron chi connectivity index (χ2n) is 5.68. The van der Waals surface area contributed by atoms with Crippen LogP contribution < -0.4 is 14.9 Å². The molecule has 0 saturated carbocycles. The van der Waals surface area contributed by atoms with Gasteiger partial charge in [-0.15, -0.1) is 0 Å². The van der Waals surface area contributed by atoms with Crippen molar-refractivity contribution < 1.29 is 32.2 Å². The van der Waals surface area contributed by atoms with Crippen LogP contribution in [-0.4, -0.2) is 32.0 Å². The number of rotatable bonds is 9. The summed E-state index contributed by atoms with van der Waals surface area (Å²) in [4.78, 5) is 11.4. The SMILES string of the molecule is CCOC(=O)COc1ccc(/C=N/Nc2ccc(C(F)(F)F)cc2)cc1OCC. The van der Waals surface area contributed by atoms with E-state index in [4.69, 9.17) is 14.2 Å². The van der Waals surface area contributed by atoms with E-state index in [-0.39, 0.29) is 13.2 Å². The first-order valence-electron chi connectivity index (χ1n) is 8.85. The van der Waals surface area contributed by atoms with Gasteiger partial charge >= 0.3 is 12.1 Å². The second-order valence-corrected chi connectivity index (χ2v) is 5.68. The van der Waals surface area contributed by atoms with Crippen LogP contribution in [0.4, 0.5) is 18.9 Å². The fourth-order valence-electron chi connectivity index (χ4n) is 2.25. The molecule has 0 amide bonds. The van der Waals surface area contributed by atoms with Crippen molar-refractivity contribution in [3.05, 3.63) is 53.6 Å². The Balaban J connectivity index is 2.02. The molecule has 0 bridgehead atoms. The van der Waals surface area contributed by atoms with E-state index >= 15 is 0 Å². The lowest BCUT2D eigenvalue weighted by molar-refractivity contribution is -0.145. The predicted octanol–water partition coefficient (Wildman–Crippen LogP) is 4.49. The van der Waals surface area contributed by atoms with Gasteiger partial charge in [-0.25, -0.2) is 4.79 Å². The van der Waals surface area contributed by atoms with Crippen molar-refractivity contribution in [1.82, 2.24) is 0 Å². The Hall–Kier alpha value is -3.23. The smallest absolute Gasteiger partial charge is 0.416 e. The number of nitrogens with zero attached hydrogens (tertiary/aromatic N) is 1. The zero-order chi connectivity index (χ0) is 21.3. The topological polar surface area (TPSA) is 69.2 Å². The maximum absolute atomic E-state index is 12.6. The molecule has 0 unspecified atom stereocenters. The number of nitrogens with one attached hydrogen (secondary N) is 1. The number of carbonyl (C=O) groups is 1. The number of ether oxygens (including phenoxy) is 3. The first-order chi connectivity index (χ1) is 13.8. The van der Waals surface area contributed by atoms with E-state index in [1.54, 1.807) is 25.1 Å². The fourth-order valence-corrected chi connectivity index (χ4v) is 2.25. The van der Waals surface area contributed by atoms with E-state index in [0.717, 1.165) is 12.1 Å². The molecule has 2 aromatic carbocycles. The molecule has 2 rings (SSSR count). The lowest BCUT2D eigenvalue weighted by atomic mass is 10.2. The zero-order valence-corrected chi connectivity index (χ0v) is 16.0. The summed E-state index contributed by atoms with van der Waals surface area (Å²) in [6.45, 7) is 3.93. The molecule has 0 aliphatic heterocycles. The van der Waals surface area contributed by atoms with Crippen molar-refractivity contribution in [2.24, 2.45) is 5.10 Å². The first kappa shape index (κ1) is 22.1. The average Bonchev–Trinajstić information content (AvgIpc) is 2.67. The van der Waals surface area contributed by atoms with E-state index in [9.17, 15) is 18.0 Å². The number of carbonyl (C=O) groups excluding carboxylic acids is 1. The van der Waals surface area contributed by atoms with Gasteiger partial charge in [0.15, 0.2) is 18.1 Å². The summed E-state index contributed by atoms with van der Waals surface area (Å²) in [6.07, 6.45) is -2.90. The van der Waals surface area contributed by atoms with Gasteiger partial charge in [0.2, 0.25) is 0 Å². The van der Waals surface area contributed by atoms with Gasteiger partial charge in [0.25, 0.3) is 0 Å². The first-order valence-corrected chi connectivity index (χ1v) is 8.85. The van der Waals surface area contributed by atoms with Gasteiger partial charge in [0, 0.05) is 0 Å². The van der Waals surface area contributed by atoms with Crippen LogP contribution in [0.5, 0.6) is 11.5 Å². The number of hydrogen-bond donors (Lipinski definition) is 1. The van der Waals surface area contributed by atoms with Crippen molar-refractivity contribution in [3.63, 3.8) is 0 Å². The average molecular weight is 410 g/mol. The molecule has 0 saturated heterocycles. The van der Waals surface area contributed by atoms with Crippen molar-refractivity contribution in [2.45, 2.75) is 20.0 Å². The molecule has 6 nitrogen and oxygen atoms in total. The van der Waals surface area contributed by atoms with Crippen LogP contribution in [0.2, 0.25) is 0 Å². The van der Waals surface area contributed by atoms with Gasteiger partial charge < -0.3 is 14.2 Å². The minimum absolute atomic E-state index is 0.239. The Morgan fingerprint density at radius 2 is 1.76 bits per heavy atom. The Bertz CT molecular complexity index is 837. The van der Waals surface area contributed by atoms with Crippen LogP contribution in [0.3, 0.4) is 0 Å². The molecule has 2 aromatic rings. The highest BCUT2D eigenvalue weighted by molar-refractivity contribution is 5.81. The molecule has 0 heterocycles. The molecule has 0 aliphatic rings. The molecule has 0 spiro atoms. The second kappa shape index (κ2) is 10.4. The number of alkyl halides is 3. The highest BCUT2D eigenvalue weighted by Gasteiger charge is 2.29. The van der Waals surface area contributed by atoms with Crippen molar-refractivity contribution >= 4 is 17.9 Å². The normalized spacial score (nSPS) is 11.3. The van der Waals surface area contributed by atoms with Crippen molar-refractivity contribution in [2.75, 3.05) is 25.2 Å². The summed E-state index contributed by atoms with van der Waals surface area (Å²) >= 11 is 0. The standard InChI is InChI=1S/C20H21F3N2O4/c1-3-27-18-11-14(5-10-17(18)29-13-19(26)28-4-2)12-24-25-16-8-6-15(7-9-16)20(21,22)23/h5-12,25H,3-4,13H2,1-2H3/b24-12+. The maximum atomic E-state index is 12.6. The molecule has 0 atom stereocenters. The Morgan fingerprint density at radius 1 is 1.03 bits per heavy atom. The van der Waals surface area contributed by atoms with Crippen LogP contribution in [0.25, 0.3) is 0 Å². The molecule has 29 heavy (non-hydrogen) atoms. The summed E-state index contributed by atoms with van der Waals surface area (Å²) in [5.74, 6) is 0.323. The maximum Gasteiger partial charge on any atom is 0.416 e. The molecule has 0 aliphatic carbocycles. The quantitative estimate of drug-likeness (QED) is 0.375. The van der Waals surface area contributed by atoms with Crippen LogP contribution in [-0.2, 0) is 15.7 Å². The van der Waals surface area contributed by atoms with E-state index in [1.165, 1.54) is 18.3 Å². The summed E-state index contributed by atoms with van der Waals surface area (Å²) in [5.41, 5.74) is 3.01. The molecule has 0 aromatic heterocycles. The van der Waals surface area contributed by atoms with Crippen LogP contribution in [0.1, 0.15) is 25.0 Å². The predicted molar refractivity (Wildman–Crippen MR) is 102 cm³/mol. The van der Waals surface area contributed by atoms with Gasteiger partial charge in [-0.3, -0.25) is 5.43 Å². The molecule has 156 valence electrons. The number of esters is 1. The number of halogens is 3. The van der Waals surface area contributed by atoms with E-state index in [2.05, 4.69) is 10.5 Å². The van der Waals surface area contributed by atoms with Gasteiger partial charge in [0.05, 0.1) is 30.7 Å². The third-order valence-corrected chi connectivity index (χ3v) is 3.54. The largest absolute Gasteiger partial charge is 0.490 e. The summed E-state index contributed by atoms with van der Waals surface area (Å²) < 4.78 is 53.4. The minimum atomic E-state index is -4.38. The van der Waals surface area contributed by atoms with E-state index in [1.807, 2.05) is 6.92 Å². The van der Waals surface area contributed by atoms with E-state index < -0.39 is 17.7 Å². The number of hydrazone groups is 1. The van der Waals surface area contributed by atoms with Crippen molar-refractivity contribution in [3.8, 4) is 11.5 Å². The number of benzene rings is 2. The molecular weight excluding hydrogens is 389 g/mol. The summed E-state index contributed by atoms with van der Waals surface area (Å²) in [7, 11) is 0. The lowest BCUT2D eigenvalue weighted by Gasteiger charge is -2.12. The van der Waals surface area contributed by atoms with Crippen LogP contribution in [0, 0.1) is 0 Å². The van der Waals surface area contributed by atoms with Crippen molar-refractivity contribution in [1.29, 1.82) is 0 Å². The molecule has 0 radical (unpaired) electrons. The summed E-state index contributed by atoms with van der Waals surface area (Å²) in [5, 5.41) is 4.01. The number of anilines is 1. The van der Waals surface area contributed by atoms with Crippen LogP contribution in [0.15, 0.2) is 47.6 Å². The van der Waals surface area contributed by atoms with Gasteiger partial charge in [-0.1, -0.05) is 0 Å². The minimum Gasteiger partial charge on any atom is -0.490 e. The third-order valence-electron chi connectivity index (χ3n) is 3.54. The number of hydrogen-bond acceptors (Lipinski definition) is 6. The molecule has 9 heteroatoms. The highest BCUT2D eigenvalue weighted by Crippen LogP contribution is 2.30. The summed E-state index contributed by atoms with van der Waals surface area (Å²) in [6, 6.07) is 9.52. The zero-order valence-electron chi connectivity index (χ0n) is 16.0. The molecule has 1 N–H and O–H groups in total. The third kappa shape index (κ3) is 7.02. The fraction of sp³-hybridized carbons (Fsp3) is 0.300. The van der Waals surface area contributed by atoms with Crippen LogP contribution >= 0.6 is 0 Å². The Kier molecular flexibility index (Phi) is 7.88. The van der Waals surface area contributed by atoms with Gasteiger partial charge in [-0.2, -0.15) is 18.3 Å². The molecular formula is C20H21F3N2O4. The Morgan fingerprint density at radius 3 is 2.38 bits per heavy atom. The highest BCUT2D eigenvalue weighted by atomic mass is 19.4.